The number of carbonyl (C=O) groups excluding carboxylic acids is 2. The molecule has 0 rings (SSSR count). The van der Waals surface area contributed by atoms with Crippen molar-refractivity contribution in [3.05, 3.63) is 24.5 Å². The summed E-state index contributed by atoms with van der Waals surface area (Å²) in [6.45, 7) is 2.56. The van der Waals surface area contributed by atoms with Gasteiger partial charge >= 0.3 is 5.97 Å². The van der Waals surface area contributed by atoms with Gasteiger partial charge in [0.15, 0.2) is 0 Å². The molecule has 0 aliphatic carbocycles. The minimum atomic E-state index is -0.839. The summed E-state index contributed by atoms with van der Waals surface area (Å²) in [5.41, 5.74) is 4.61. The quantitative estimate of drug-likeness (QED) is 0.325. The van der Waals surface area contributed by atoms with Crippen molar-refractivity contribution in [2.75, 3.05) is 6.61 Å². The smallest absolute Gasteiger partial charge is 0.334 e. The summed E-state index contributed by atoms with van der Waals surface area (Å²) >= 11 is 0. The zero-order valence-corrected chi connectivity index (χ0v) is 6.32. The number of ether oxygens (including phenoxy) is 1. The van der Waals surface area contributed by atoms with Crippen molar-refractivity contribution in [1.82, 2.24) is 0 Å². The van der Waals surface area contributed by atoms with Crippen molar-refractivity contribution in [2.24, 2.45) is 5.73 Å². The van der Waals surface area contributed by atoms with Crippen molar-refractivity contribution < 1.29 is 19.4 Å². The fourth-order valence-corrected chi connectivity index (χ4v) is 0.351. The van der Waals surface area contributed by atoms with Gasteiger partial charge in [-0.2, -0.15) is 0 Å². The molecule has 1 amide bonds. The van der Waals surface area contributed by atoms with Gasteiger partial charge in [0.2, 0.25) is 5.91 Å². The highest BCUT2D eigenvalue weighted by atomic mass is 16.5. The minimum absolute atomic E-state index is 0.176. The van der Waals surface area contributed by atoms with Crippen LogP contribution in [0.3, 0.4) is 0 Å². The lowest BCUT2D eigenvalue weighted by atomic mass is 10.3. The SMILES string of the molecule is C=CC(=O)O/C=C(\CO)C(N)=O. The summed E-state index contributed by atoms with van der Waals surface area (Å²) < 4.78 is 4.33. The first kappa shape index (κ1) is 10.4. The van der Waals surface area contributed by atoms with Gasteiger partial charge in [-0.15, -0.1) is 0 Å². The van der Waals surface area contributed by atoms with Crippen LogP contribution in [0.2, 0.25) is 0 Å². The largest absolute Gasteiger partial charge is 0.431 e. The highest BCUT2D eigenvalue weighted by Crippen LogP contribution is 1.92. The number of hydrogen-bond acceptors (Lipinski definition) is 4. The molecular weight excluding hydrogens is 162 g/mol. The Morgan fingerprint density at radius 3 is 2.50 bits per heavy atom. The Balaban J connectivity index is 4.21. The van der Waals surface area contributed by atoms with E-state index >= 15 is 0 Å². The Morgan fingerprint density at radius 2 is 2.17 bits per heavy atom. The number of hydrogen-bond donors (Lipinski definition) is 2. The van der Waals surface area contributed by atoms with Crippen molar-refractivity contribution in [3.63, 3.8) is 0 Å². The molecule has 0 unspecified atom stereocenters. The number of aliphatic hydroxyl groups excluding tert-OH is 1. The molecule has 0 aromatic carbocycles. The van der Waals surface area contributed by atoms with Gasteiger partial charge in [0, 0.05) is 6.08 Å². The van der Waals surface area contributed by atoms with E-state index in [0.29, 0.717) is 0 Å². The van der Waals surface area contributed by atoms with E-state index in [4.69, 9.17) is 10.8 Å². The fourth-order valence-electron chi connectivity index (χ4n) is 0.351. The van der Waals surface area contributed by atoms with Crippen LogP contribution in [-0.4, -0.2) is 23.6 Å². The second kappa shape index (κ2) is 5.09. The van der Waals surface area contributed by atoms with Gasteiger partial charge in [0.25, 0.3) is 0 Å². The van der Waals surface area contributed by atoms with Gasteiger partial charge in [0.1, 0.15) is 6.26 Å². The fraction of sp³-hybridized carbons (Fsp3) is 0.143. The summed E-state index contributed by atoms with van der Waals surface area (Å²) in [6.07, 6.45) is 1.72. The maximum Gasteiger partial charge on any atom is 0.334 e. The number of esters is 1. The molecule has 5 heteroatoms. The second-order valence-corrected chi connectivity index (χ2v) is 1.81. The third kappa shape index (κ3) is 3.52. The number of aliphatic hydroxyl groups is 1. The summed E-state index contributed by atoms with van der Waals surface area (Å²) in [7, 11) is 0. The van der Waals surface area contributed by atoms with Crippen LogP contribution in [0.25, 0.3) is 0 Å². The Hall–Kier alpha value is -1.62. The maximum atomic E-state index is 10.4. The third-order valence-electron chi connectivity index (χ3n) is 0.971. The van der Waals surface area contributed by atoms with Crippen LogP contribution in [0, 0.1) is 0 Å². The Kier molecular flexibility index (Phi) is 4.40. The molecule has 0 radical (unpaired) electrons. The molecule has 0 aliphatic heterocycles. The lowest BCUT2D eigenvalue weighted by Crippen LogP contribution is -2.17. The molecule has 0 spiro atoms. The third-order valence-corrected chi connectivity index (χ3v) is 0.971. The molecule has 12 heavy (non-hydrogen) atoms. The van der Waals surface area contributed by atoms with Gasteiger partial charge in [-0.1, -0.05) is 6.58 Å². The van der Waals surface area contributed by atoms with Crippen LogP contribution in [-0.2, 0) is 14.3 Å². The van der Waals surface area contributed by atoms with Gasteiger partial charge in [-0.25, -0.2) is 4.79 Å². The summed E-state index contributed by atoms with van der Waals surface area (Å²) in [6, 6.07) is 0. The molecule has 0 saturated carbocycles. The number of rotatable bonds is 4. The van der Waals surface area contributed by atoms with E-state index in [1.165, 1.54) is 0 Å². The predicted molar refractivity (Wildman–Crippen MR) is 40.7 cm³/mol. The van der Waals surface area contributed by atoms with Crippen molar-refractivity contribution >= 4 is 11.9 Å². The summed E-state index contributed by atoms with van der Waals surface area (Å²) in [5.74, 6) is -1.56. The molecule has 5 nitrogen and oxygen atoms in total. The lowest BCUT2D eigenvalue weighted by Gasteiger charge is -1.97. The maximum absolute atomic E-state index is 10.4. The number of primary amides is 1. The van der Waals surface area contributed by atoms with Gasteiger partial charge in [0.05, 0.1) is 12.2 Å². The molecule has 66 valence electrons. The van der Waals surface area contributed by atoms with Crippen LogP contribution in [0.5, 0.6) is 0 Å². The monoisotopic (exact) mass is 171 g/mol. The Labute approximate surface area is 69.1 Å². The van der Waals surface area contributed by atoms with Crippen molar-refractivity contribution in [2.45, 2.75) is 0 Å². The van der Waals surface area contributed by atoms with E-state index in [2.05, 4.69) is 11.3 Å². The van der Waals surface area contributed by atoms with Crippen LogP contribution in [0.1, 0.15) is 0 Å². The topological polar surface area (TPSA) is 89.6 Å². The van der Waals surface area contributed by atoms with E-state index in [9.17, 15) is 9.59 Å². The molecule has 0 heterocycles. The second-order valence-electron chi connectivity index (χ2n) is 1.81. The lowest BCUT2D eigenvalue weighted by molar-refractivity contribution is -0.132. The molecule has 0 aromatic heterocycles. The number of nitrogens with two attached hydrogens (primary N) is 1. The van der Waals surface area contributed by atoms with Crippen LogP contribution < -0.4 is 5.73 Å². The molecule has 0 aliphatic rings. The Bertz CT molecular complexity index is 232. The van der Waals surface area contributed by atoms with Gasteiger partial charge < -0.3 is 15.6 Å². The normalized spacial score (nSPS) is 10.6. The number of amides is 1. The van der Waals surface area contributed by atoms with Crippen molar-refractivity contribution in [1.29, 1.82) is 0 Å². The summed E-state index contributed by atoms with van der Waals surface area (Å²) in [5, 5.41) is 8.50. The highest BCUT2D eigenvalue weighted by Gasteiger charge is 2.03. The van der Waals surface area contributed by atoms with Gasteiger partial charge in [-0.3, -0.25) is 4.79 Å². The van der Waals surface area contributed by atoms with Crippen LogP contribution >= 0.6 is 0 Å². The first-order valence-corrected chi connectivity index (χ1v) is 3.04. The Morgan fingerprint density at radius 1 is 1.58 bits per heavy atom. The van der Waals surface area contributed by atoms with Crippen molar-refractivity contribution in [3.8, 4) is 0 Å². The minimum Gasteiger partial charge on any atom is -0.431 e. The van der Waals surface area contributed by atoms with E-state index in [1.807, 2.05) is 0 Å². The standard InChI is InChI=1S/C7H9NO4/c1-2-6(10)12-4-5(3-9)7(8)11/h2,4,9H,1,3H2,(H2,8,11)/b5-4+. The predicted octanol–water partition coefficient (Wildman–Crippen LogP) is -0.923. The molecular formula is C7H9NO4. The first-order chi connectivity index (χ1) is 5.61. The van der Waals surface area contributed by atoms with Gasteiger partial charge in [-0.05, 0) is 0 Å². The van der Waals surface area contributed by atoms with E-state index < -0.39 is 18.5 Å². The van der Waals surface area contributed by atoms with E-state index in [-0.39, 0.29) is 5.57 Å². The number of carbonyl (C=O) groups is 2. The van der Waals surface area contributed by atoms with E-state index in [1.54, 1.807) is 0 Å². The molecule has 0 atom stereocenters. The van der Waals surface area contributed by atoms with Crippen LogP contribution in [0.15, 0.2) is 24.5 Å². The zero-order valence-electron chi connectivity index (χ0n) is 6.32. The van der Waals surface area contributed by atoms with E-state index in [0.717, 1.165) is 12.3 Å². The molecule has 0 saturated heterocycles. The average molecular weight is 171 g/mol. The zero-order chi connectivity index (χ0) is 9.56. The molecule has 3 N–H and O–H groups in total. The molecule has 0 aromatic rings. The summed E-state index contributed by atoms with van der Waals surface area (Å²) in [4.78, 5) is 20.8. The van der Waals surface area contributed by atoms with Crippen LogP contribution in [0.4, 0.5) is 0 Å². The average Bonchev–Trinajstić information content (AvgIpc) is 2.04. The molecule has 0 bridgehead atoms. The highest BCUT2D eigenvalue weighted by molar-refractivity contribution is 5.92. The first-order valence-electron chi connectivity index (χ1n) is 3.04. The molecule has 0 fully saturated rings.